The third-order valence-electron chi connectivity index (χ3n) is 7.81. The molecule has 0 aliphatic heterocycles. The molecular formula is C24H30N2O7. The number of non-ortho nitro benzene ring substituents is 1. The Bertz CT molecular complexity index is 907. The lowest BCUT2D eigenvalue weighted by atomic mass is 9.49. The van der Waals surface area contributed by atoms with Gasteiger partial charge < -0.3 is 14.8 Å². The highest BCUT2D eigenvalue weighted by atomic mass is 16.6. The van der Waals surface area contributed by atoms with Gasteiger partial charge in [-0.05, 0) is 61.8 Å². The van der Waals surface area contributed by atoms with Crippen LogP contribution in [0.25, 0.3) is 0 Å². The van der Waals surface area contributed by atoms with Crippen molar-refractivity contribution in [3.8, 4) is 0 Å². The summed E-state index contributed by atoms with van der Waals surface area (Å²) in [5.74, 6) is -0.508. The van der Waals surface area contributed by atoms with Crippen molar-refractivity contribution in [1.82, 2.24) is 5.32 Å². The Hall–Kier alpha value is -2.97. The van der Waals surface area contributed by atoms with Gasteiger partial charge in [-0.25, -0.2) is 4.79 Å². The monoisotopic (exact) mass is 458 g/mol. The normalized spacial score (nSPS) is 29.1. The average Bonchev–Trinajstić information content (AvgIpc) is 2.79. The molecule has 1 amide bonds. The predicted molar refractivity (Wildman–Crippen MR) is 117 cm³/mol. The van der Waals surface area contributed by atoms with E-state index in [2.05, 4.69) is 5.32 Å². The summed E-state index contributed by atoms with van der Waals surface area (Å²) >= 11 is 0. The molecule has 0 radical (unpaired) electrons. The SMILES string of the molecule is COC(=O)C[C@H](c1ccc([N+](=O)[O-])cc1)[C@H](NC(=O)C12CC3CC(CC(C3)C1)C2)C(=O)OC. The molecule has 4 saturated carbocycles. The van der Waals surface area contributed by atoms with Crippen molar-refractivity contribution in [2.24, 2.45) is 23.2 Å². The lowest BCUT2D eigenvalue weighted by molar-refractivity contribution is -0.384. The molecule has 0 heterocycles. The maximum absolute atomic E-state index is 13.6. The zero-order valence-corrected chi connectivity index (χ0v) is 19.0. The summed E-state index contributed by atoms with van der Waals surface area (Å²) in [6.45, 7) is 0. The summed E-state index contributed by atoms with van der Waals surface area (Å²) in [5, 5.41) is 14.0. The molecule has 4 fully saturated rings. The minimum Gasteiger partial charge on any atom is -0.469 e. The van der Waals surface area contributed by atoms with Crippen LogP contribution in [0, 0.1) is 33.3 Å². The van der Waals surface area contributed by atoms with Gasteiger partial charge in [-0.2, -0.15) is 0 Å². The molecule has 1 aromatic carbocycles. The van der Waals surface area contributed by atoms with E-state index in [0.717, 1.165) is 19.3 Å². The fourth-order valence-electron chi connectivity index (χ4n) is 6.67. The molecule has 0 unspecified atom stereocenters. The summed E-state index contributed by atoms with van der Waals surface area (Å²) in [7, 11) is 2.48. The quantitative estimate of drug-likeness (QED) is 0.360. The van der Waals surface area contributed by atoms with E-state index in [1.165, 1.54) is 57.7 Å². The number of nitro groups is 1. The van der Waals surface area contributed by atoms with Crippen LogP contribution in [0.5, 0.6) is 0 Å². The molecule has 1 aromatic rings. The molecule has 5 rings (SSSR count). The topological polar surface area (TPSA) is 125 Å². The maximum atomic E-state index is 13.6. The Morgan fingerprint density at radius 1 is 1.03 bits per heavy atom. The van der Waals surface area contributed by atoms with Gasteiger partial charge in [0.05, 0.1) is 25.6 Å². The van der Waals surface area contributed by atoms with Crippen LogP contribution in [0.15, 0.2) is 24.3 Å². The minimum absolute atomic E-state index is 0.109. The van der Waals surface area contributed by atoms with Crippen LogP contribution in [-0.2, 0) is 23.9 Å². The van der Waals surface area contributed by atoms with Crippen molar-refractivity contribution in [2.45, 2.75) is 56.9 Å². The Morgan fingerprint density at radius 3 is 2.03 bits per heavy atom. The van der Waals surface area contributed by atoms with Crippen molar-refractivity contribution in [2.75, 3.05) is 14.2 Å². The van der Waals surface area contributed by atoms with E-state index in [9.17, 15) is 24.5 Å². The number of nitro benzene ring substituents is 1. The summed E-state index contributed by atoms with van der Waals surface area (Å²) in [5.41, 5.74) is -0.0817. The lowest BCUT2D eigenvalue weighted by Crippen LogP contribution is -2.57. The first-order valence-corrected chi connectivity index (χ1v) is 11.4. The highest BCUT2D eigenvalue weighted by Crippen LogP contribution is 2.60. The van der Waals surface area contributed by atoms with Crippen LogP contribution in [0.1, 0.15) is 56.4 Å². The zero-order valence-electron chi connectivity index (χ0n) is 19.0. The predicted octanol–water partition coefficient (Wildman–Crippen LogP) is 3.12. The van der Waals surface area contributed by atoms with Crippen molar-refractivity contribution in [3.63, 3.8) is 0 Å². The molecule has 9 nitrogen and oxygen atoms in total. The van der Waals surface area contributed by atoms with E-state index in [-0.39, 0.29) is 18.0 Å². The number of amides is 1. The van der Waals surface area contributed by atoms with E-state index in [1.807, 2.05) is 0 Å². The van der Waals surface area contributed by atoms with Gasteiger partial charge in [-0.1, -0.05) is 12.1 Å². The van der Waals surface area contributed by atoms with Crippen LogP contribution in [0.4, 0.5) is 5.69 Å². The van der Waals surface area contributed by atoms with E-state index < -0.39 is 34.2 Å². The van der Waals surface area contributed by atoms with Gasteiger partial charge in [0, 0.05) is 23.5 Å². The van der Waals surface area contributed by atoms with Crippen LogP contribution < -0.4 is 5.32 Å². The van der Waals surface area contributed by atoms with Gasteiger partial charge in [-0.3, -0.25) is 19.7 Å². The number of methoxy groups -OCH3 is 2. The largest absolute Gasteiger partial charge is 0.469 e. The number of nitrogens with zero attached hydrogens (tertiary/aromatic N) is 1. The van der Waals surface area contributed by atoms with Crippen molar-refractivity contribution in [1.29, 1.82) is 0 Å². The molecule has 0 aromatic heterocycles. The minimum atomic E-state index is -1.11. The average molecular weight is 459 g/mol. The second-order valence-corrected chi connectivity index (χ2v) is 9.91. The Morgan fingerprint density at radius 2 is 1.58 bits per heavy atom. The molecule has 9 heteroatoms. The number of ether oxygens (including phenoxy) is 2. The number of nitrogens with one attached hydrogen (secondary N) is 1. The molecule has 33 heavy (non-hydrogen) atoms. The molecule has 178 valence electrons. The number of carbonyl (C=O) groups excluding carboxylic acids is 3. The van der Waals surface area contributed by atoms with E-state index in [1.54, 1.807) is 0 Å². The zero-order chi connectivity index (χ0) is 23.8. The van der Waals surface area contributed by atoms with Crippen molar-refractivity contribution in [3.05, 3.63) is 39.9 Å². The van der Waals surface area contributed by atoms with Gasteiger partial charge in [-0.15, -0.1) is 0 Å². The first-order chi connectivity index (χ1) is 15.7. The Balaban J connectivity index is 1.62. The number of benzene rings is 1. The van der Waals surface area contributed by atoms with Gasteiger partial charge >= 0.3 is 11.9 Å². The second-order valence-electron chi connectivity index (χ2n) is 9.91. The molecule has 4 aliphatic carbocycles. The van der Waals surface area contributed by atoms with Crippen molar-refractivity contribution < 1.29 is 28.8 Å². The van der Waals surface area contributed by atoms with E-state index in [0.29, 0.717) is 23.3 Å². The highest BCUT2D eigenvalue weighted by molar-refractivity contribution is 5.89. The van der Waals surface area contributed by atoms with E-state index >= 15 is 0 Å². The third-order valence-corrected chi connectivity index (χ3v) is 7.81. The smallest absolute Gasteiger partial charge is 0.329 e. The van der Waals surface area contributed by atoms with Crippen LogP contribution >= 0.6 is 0 Å². The third kappa shape index (κ3) is 4.58. The van der Waals surface area contributed by atoms with Crippen LogP contribution in [0.2, 0.25) is 0 Å². The number of carbonyl (C=O) groups is 3. The van der Waals surface area contributed by atoms with Gasteiger partial charge in [0.15, 0.2) is 0 Å². The number of esters is 2. The maximum Gasteiger partial charge on any atom is 0.329 e. The summed E-state index contributed by atoms with van der Waals surface area (Å²) in [6.07, 6.45) is 5.85. The molecule has 1 N–H and O–H groups in total. The first kappa shape index (κ1) is 23.2. The van der Waals surface area contributed by atoms with Crippen molar-refractivity contribution >= 4 is 23.5 Å². The van der Waals surface area contributed by atoms with E-state index in [4.69, 9.17) is 9.47 Å². The Kier molecular flexibility index (Phi) is 6.41. The first-order valence-electron chi connectivity index (χ1n) is 11.4. The van der Waals surface area contributed by atoms with Gasteiger partial charge in [0.1, 0.15) is 6.04 Å². The summed E-state index contributed by atoms with van der Waals surface area (Å²) in [6, 6.07) is 4.51. The lowest BCUT2D eigenvalue weighted by Gasteiger charge is -2.55. The second kappa shape index (κ2) is 9.11. The van der Waals surface area contributed by atoms with Crippen LogP contribution in [0.3, 0.4) is 0 Å². The Labute approximate surface area is 192 Å². The van der Waals surface area contributed by atoms with Crippen LogP contribution in [-0.4, -0.2) is 43.0 Å². The molecule has 2 atom stereocenters. The van der Waals surface area contributed by atoms with Gasteiger partial charge in [0.25, 0.3) is 5.69 Å². The molecular weight excluding hydrogens is 428 g/mol. The van der Waals surface area contributed by atoms with Gasteiger partial charge in [0.2, 0.25) is 5.91 Å². The fraction of sp³-hybridized carbons (Fsp3) is 0.625. The summed E-state index contributed by atoms with van der Waals surface area (Å²) in [4.78, 5) is 49.2. The molecule has 0 spiro atoms. The number of rotatable bonds is 8. The molecule has 4 aliphatic rings. The summed E-state index contributed by atoms with van der Waals surface area (Å²) < 4.78 is 9.82. The molecule has 0 saturated heterocycles. The standard InChI is InChI=1S/C24H30N2O7/c1-32-20(27)10-19(17-3-5-18(6-4-17)26(30)31)21(22(28)33-2)25-23(29)24-11-14-7-15(12-24)9-16(8-14)13-24/h3-6,14-16,19,21H,7-13H2,1-2H3,(H,25,29)/t14?,15?,16?,19-,21+,24?/m1/s1. The highest BCUT2D eigenvalue weighted by Gasteiger charge is 2.55. The number of hydrogen-bond acceptors (Lipinski definition) is 7. The molecule has 4 bridgehead atoms. The fourth-order valence-corrected chi connectivity index (χ4v) is 6.67. The number of hydrogen-bond donors (Lipinski definition) is 1.